The highest BCUT2D eigenvalue weighted by atomic mass is 16.5. The van der Waals surface area contributed by atoms with Gasteiger partial charge in [0.1, 0.15) is 12.4 Å². The number of amides is 2. The molecule has 0 radical (unpaired) electrons. The van der Waals surface area contributed by atoms with Crippen molar-refractivity contribution >= 4 is 28.5 Å². The fourth-order valence-corrected chi connectivity index (χ4v) is 2.61. The van der Waals surface area contributed by atoms with Crippen molar-refractivity contribution in [2.75, 3.05) is 12.4 Å². The van der Waals surface area contributed by atoms with Gasteiger partial charge in [-0.05, 0) is 40.6 Å². The number of hydrogen-bond donors (Lipinski definition) is 2. The van der Waals surface area contributed by atoms with E-state index in [0.29, 0.717) is 23.6 Å². The zero-order chi connectivity index (χ0) is 18.5. The third-order valence-electron chi connectivity index (χ3n) is 3.85. The largest absolute Gasteiger partial charge is 0.487 e. The number of carbonyl (C=O) groups excluding carboxylic acids is 2. The van der Waals surface area contributed by atoms with Crippen LogP contribution in [0.1, 0.15) is 15.9 Å². The average molecular weight is 350 g/mol. The number of primary amides is 1. The topological polar surface area (TPSA) is 90.7 Å². The number of ether oxygens (including phenoxy) is 2. The lowest BCUT2D eigenvalue weighted by Crippen LogP contribution is -2.19. The maximum atomic E-state index is 11.7. The van der Waals surface area contributed by atoms with Crippen LogP contribution in [0.4, 0.5) is 10.5 Å². The number of anilines is 1. The summed E-state index contributed by atoms with van der Waals surface area (Å²) in [4.78, 5) is 23.0. The first kappa shape index (κ1) is 17.3. The molecule has 0 heterocycles. The van der Waals surface area contributed by atoms with E-state index in [0.717, 1.165) is 16.3 Å². The van der Waals surface area contributed by atoms with E-state index in [1.54, 1.807) is 30.3 Å². The lowest BCUT2D eigenvalue weighted by Gasteiger charge is -2.14. The summed E-state index contributed by atoms with van der Waals surface area (Å²) in [6.45, 7) is 0.347. The molecule has 0 saturated heterocycles. The Morgan fingerprint density at radius 1 is 1.00 bits per heavy atom. The second-order valence-corrected chi connectivity index (χ2v) is 5.67. The van der Waals surface area contributed by atoms with Crippen molar-refractivity contribution in [2.24, 2.45) is 5.73 Å². The molecular weight excluding hydrogens is 332 g/mol. The molecule has 6 nitrogen and oxygen atoms in total. The monoisotopic (exact) mass is 350 g/mol. The minimum Gasteiger partial charge on any atom is -0.487 e. The van der Waals surface area contributed by atoms with Gasteiger partial charge in [-0.25, -0.2) is 9.59 Å². The molecule has 3 aromatic rings. The number of fused-ring (bicyclic) bond motifs is 1. The molecule has 0 fully saturated rings. The number of nitrogens with two attached hydrogens (primary N) is 1. The number of rotatable bonds is 5. The molecule has 3 aromatic carbocycles. The molecule has 3 N–H and O–H groups in total. The molecule has 0 aliphatic carbocycles. The van der Waals surface area contributed by atoms with Crippen molar-refractivity contribution in [3.8, 4) is 5.75 Å². The molecule has 3 rings (SSSR count). The Labute approximate surface area is 150 Å². The Morgan fingerprint density at radius 3 is 2.46 bits per heavy atom. The van der Waals surface area contributed by atoms with E-state index in [4.69, 9.17) is 15.2 Å². The molecule has 0 saturated carbocycles. The standard InChI is InChI=1S/C20H18N2O4/c1-25-19(23)15-8-7-14-11-18(26-12-13-5-3-2-4-6-13)17(22-20(21)24)10-16(14)9-15/h2-11H,12H2,1H3,(H3,21,22,24). The van der Waals surface area contributed by atoms with Crippen LogP contribution in [-0.4, -0.2) is 19.1 Å². The molecular formula is C20H18N2O4. The highest BCUT2D eigenvalue weighted by Gasteiger charge is 2.11. The van der Waals surface area contributed by atoms with Crippen LogP contribution in [0, 0.1) is 0 Å². The van der Waals surface area contributed by atoms with Crippen LogP contribution in [0.15, 0.2) is 60.7 Å². The van der Waals surface area contributed by atoms with Crippen LogP contribution in [0.5, 0.6) is 5.75 Å². The fourth-order valence-electron chi connectivity index (χ4n) is 2.61. The maximum Gasteiger partial charge on any atom is 0.337 e. The number of methoxy groups -OCH3 is 1. The molecule has 26 heavy (non-hydrogen) atoms. The maximum absolute atomic E-state index is 11.7. The Bertz CT molecular complexity index is 955. The molecule has 2 amide bonds. The van der Waals surface area contributed by atoms with Gasteiger partial charge in [-0.15, -0.1) is 0 Å². The molecule has 132 valence electrons. The summed E-state index contributed by atoms with van der Waals surface area (Å²) in [6, 6.07) is 17.7. The minimum atomic E-state index is -0.696. The van der Waals surface area contributed by atoms with Gasteiger partial charge < -0.3 is 20.5 Å². The zero-order valence-corrected chi connectivity index (χ0v) is 14.2. The van der Waals surface area contributed by atoms with Crippen molar-refractivity contribution in [2.45, 2.75) is 6.61 Å². The first-order valence-corrected chi connectivity index (χ1v) is 7.96. The summed E-state index contributed by atoms with van der Waals surface area (Å²) in [7, 11) is 1.33. The SMILES string of the molecule is COC(=O)c1ccc2cc(OCc3ccccc3)c(NC(N)=O)cc2c1. The van der Waals surface area contributed by atoms with Crippen LogP contribution in [-0.2, 0) is 11.3 Å². The van der Waals surface area contributed by atoms with Gasteiger partial charge in [0, 0.05) is 0 Å². The third-order valence-corrected chi connectivity index (χ3v) is 3.85. The Kier molecular flexibility index (Phi) is 5.03. The molecule has 0 atom stereocenters. The van der Waals surface area contributed by atoms with E-state index in [1.165, 1.54) is 7.11 Å². The van der Waals surface area contributed by atoms with Crippen LogP contribution in [0.3, 0.4) is 0 Å². The predicted octanol–water partition coefficient (Wildman–Crippen LogP) is 3.70. The Balaban J connectivity index is 1.97. The quantitative estimate of drug-likeness (QED) is 0.687. The van der Waals surface area contributed by atoms with E-state index < -0.39 is 12.0 Å². The minimum absolute atomic E-state index is 0.347. The summed E-state index contributed by atoms with van der Waals surface area (Å²) >= 11 is 0. The van der Waals surface area contributed by atoms with Gasteiger partial charge in [-0.2, -0.15) is 0 Å². The van der Waals surface area contributed by atoms with E-state index in [9.17, 15) is 9.59 Å². The molecule has 0 aliphatic heterocycles. The van der Waals surface area contributed by atoms with Gasteiger partial charge >= 0.3 is 12.0 Å². The second kappa shape index (κ2) is 7.57. The Morgan fingerprint density at radius 2 is 1.77 bits per heavy atom. The molecule has 0 unspecified atom stereocenters. The lowest BCUT2D eigenvalue weighted by atomic mass is 10.1. The van der Waals surface area contributed by atoms with Gasteiger partial charge in [-0.1, -0.05) is 36.4 Å². The second-order valence-electron chi connectivity index (χ2n) is 5.67. The number of benzene rings is 3. The zero-order valence-electron chi connectivity index (χ0n) is 14.2. The van der Waals surface area contributed by atoms with E-state index >= 15 is 0 Å². The Hall–Kier alpha value is -3.54. The average Bonchev–Trinajstić information content (AvgIpc) is 2.65. The van der Waals surface area contributed by atoms with Crippen molar-refractivity contribution in [3.63, 3.8) is 0 Å². The molecule has 0 aliphatic rings. The highest BCUT2D eigenvalue weighted by molar-refractivity contribution is 5.99. The van der Waals surface area contributed by atoms with E-state index in [2.05, 4.69) is 5.32 Å². The van der Waals surface area contributed by atoms with Crippen molar-refractivity contribution in [3.05, 3.63) is 71.8 Å². The van der Waals surface area contributed by atoms with Crippen LogP contribution in [0.25, 0.3) is 10.8 Å². The summed E-state index contributed by atoms with van der Waals surface area (Å²) in [5, 5.41) is 4.17. The first-order chi connectivity index (χ1) is 12.6. The molecule has 6 heteroatoms. The number of hydrogen-bond acceptors (Lipinski definition) is 4. The number of carbonyl (C=O) groups is 2. The summed E-state index contributed by atoms with van der Waals surface area (Å²) in [5.74, 6) is 0.0617. The van der Waals surface area contributed by atoms with Crippen LogP contribution < -0.4 is 15.8 Å². The van der Waals surface area contributed by atoms with E-state index in [-0.39, 0.29) is 0 Å². The highest BCUT2D eigenvalue weighted by Crippen LogP contribution is 2.32. The van der Waals surface area contributed by atoms with Gasteiger partial charge in [0.25, 0.3) is 0 Å². The van der Waals surface area contributed by atoms with Crippen molar-refractivity contribution in [1.29, 1.82) is 0 Å². The van der Waals surface area contributed by atoms with Crippen LogP contribution >= 0.6 is 0 Å². The molecule has 0 aromatic heterocycles. The predicted molar refractivity (Wildman–Crippen MR) is 99.3 cm³/mol. The first-order valence-electron chi connectivity index (χ1n) is 7.96. The summed E-state index contributed by atoms with van der Waals surface area (Å²) in [5.41, 5.74) is 7.12. The molecule has 0 spiro atoms. The lowest BCUT2D eigenvalue weighted by molar-refractivity contribution is 0.0601. The third kappa shape index (κ3) is 3.92. The van der Waals surface area contributed by atoms with Gasteiger partial charge in [0.05, 0.1) is 18.4 Å². The van der Waals surface area contributed by atoms with Crippen molar-refractivity contribution < 1.29 is 19.1 Å². The van der Waals surface area contributed by atoms with Crippen LogP contribution in [0.2, 0.25) is 0 Å². The fraction of sp³-hybridized carbons (Fsp3) is 0.100. The van der Waals surface area contributed by atoms with Gasteiger partial charge in [-0.3, -0.25) is 0 Å². The van der Waals surface area contributed by atoms with Crippen molar-refractivity contribution in [1.82, 2.24) is 0 Å². The van der Waals surface area contributed by atoms with Gasteiger partial charge in [0.2, 0.25) is 0 Å². The number of esters is 1. The number of nitrogens with one attached hydrogen (secondary N) is 1. The summed E-state index contributed by atoms with van der Waals surface area (Å²) < 4.78 is 10.6. The normalized spacial score (nSPS) is 10.3. The summed E-state index contributed by atoms with van der Waals surface area (Å²) in [6.07, 6.45) is 0. The smallest absolute Gasteiger partial charge is 0.337 e. The molecule has 0 bridgehead atoms. The number of urea groups is 1. The van der Waals surface area contributed by atoms with E-state index in [1.807, 2.05) is 30.3 Å². The van der Waals surface area contributed by atoms with Gasteiger partial charge in [0.15, 0.2) is 0 Å².